The molecule has 1 heterocycles. The number of rotatable bonds is 6. The molecule has 1 aliphatic rings. The molecule has 0 unspecified atom stereocenters. The van der Waals surface area contributed by atoms with Crippen LogP contribution in [0.4, 0.5) is 22.2 Å². The normalized spacial score (nSPS) is 18.7. The van der Waals surface area contributed by atoms with Crippen molar-refractivity contribution in [1.82, 2.24) is 15.3 Å². The zero-order valence-corrected chi connectivity index (χ0v) is 18.7. The summed E-state index contributed by atoms with van der Waals surface area (Å²) in [5.74, 6) is 1.91. The fraction of sp³-hybridized carbons (Fsp3) is 0.522. The molecule has 2 amide bonds. The van der Waals surface area contributed by atoms with E-state index in [9.17, 15) is 4.79 Å². The number of anilines is 3. The van der Waals surface area contributed by atoms with Gasteiger partial charge in [-0.3, -0.25) is 0 Å². The summed E-state index contributed by atoms with van der Waals surface area (Å²) in [7, 11) is 3.93. The summed E-state index contributed by atoms with van der Waals surface area (Å²) >= 11 is 0. The lowest BCUT2D eigenvalue weighted by Crippen LogP contribution is -2.42. The second-order valence-electron chi connectivity index (χ2n) is 8.62. The number of amides is 2. The minimum Gasteiger partial charge on any atom is -0.363 e. The number of nitrogens with zero attached hydrogens (tertiary/aromatic N) is 3. The maximum Gasteiger partial charge on any atom is 0.319 e. The molecule has 1 aliphatic carbocycles. The molecule has 0 bridgehead atoms. The van der Waals surface area contributed by atoms with E-state index in [-0.39, 0.29) is 12.1 Å². The van der Waals surface area contributed by atoms with Crippen LogP contribution in [0.3, 0.4) is 0 Å². The zero-order chi connectivity index (χ0) is 21.7. The molecule has 1 aromatic heterocycles. The first-order chi connectivity index (χ1) is 14.3. The van der Waals surface area contributed by atoms with Gasteiger partial charge >= 0.3 is 6.03 Å². The van der Waals surface area contributed by atoms with E-state index in [1.54, 1.807) is 6.20 Å². The van der Waals surface area contributed by atoms with Gasteiger partial charge in [0.2, 0.25) is 5.95 Å². The Kier molecular flexibility index (Phi) is 7.13. The smallest absolute Gasteiger partial charge is 0.319 e. The molecule has 0 saturated heterocycles. The second-order valence-corrected chi connectivity index (χ2v) is 8.62. The van der Waals surface area contributed by atoms with Crippen molar-refractivity contribution in [3.63, 3.8) is 0 Å². The summed E-state index contributed by atoms with van der Waals surface area (Å²) in [5, 5.41) is 9.68. The molecule has 0 atom stereocenters. The lowest BCUT2D eigenvalue weighted by Gasteiger charge is -2.30. The van der Waals surface area contributed by atoms with E-state index in [0.29, 0.717) is 17.9 Å². The molecule has 3 N–H and O–H groups in total. The van der Waals surface area contributed by atoms with Crippen LogP contribution >= 0.6 is 0 Å². The fourth-order valence-electron chi connectivity index (χ4n) is 3.91. The molecule has 3 rings (SSSR count). The van der Waals surface area contributed by atoms with E-state index in [0.717, 1.165) is 48.3 Å². The van der Waals surface area contributed by atoms with Gasteiger partial charge in [0, 0.05) is 38.1 Å². The van der Waals surface area contributed by atoms with Gasteiger partial charge in [-0.2, -0.15) is 4.98 Å². The first-order valence-electron chi connectivity index (χ1n) is 10.8. The number of para-hydroxylation sites is 1. The summed E-state index contributed by atoms with van der Waals surface area (Å²) in [4.78, 5) is 23.5. The van der Waals surface area contributed by atoms with E-state index in [1.165, 1.54) is 0 Å². The Bertz CT molecular complexity index is 859. The van der Waals surface area contributed by atoms with E-state index in [1.807, 2.05) is 44.1 Å². The SMILES string of the molecule is Cc1cccc(C(C)C)c1NC(=O)N[C@H]1CC[C@@H](Nc2nccc(N(C)C)n2)CC1. The van der Waals surface area contributed by atoms with E-state index < -0.39 is 0 Å². The Balaban J connectivity index is 1.50. The highest BCUT2D eigenvalue weighted by Gasteiger charge is 2.23. The molecule has 0 radical (unpaired) electrons. The van der Waals surface area contributed by atoms with Crippen LogP contribution in [0, 0.1) is 6.92 Å². The fourth-order valence-corrected chi connectivity index (χ4v) is 3.91. The number of aromatic nitrogens is 2. The first kappa shape index (κ1) is 21.9. The predicted molar refractivity (Wildman–Crippen MR) is 123 cm³/mol. The number of aryl methyl sites for hydroxylation is 1. The molecular formula is C23H34N6O. The van der Waals surface area contributed by atoms with Crippen molar-refractivity contribution in [2.24, 2.45) is 0 Å². The van der Waals surface area contributed by atoms with Crippen LogP contribution in [0.15, 0.2) is 30.5 Å². The molecule has 1 aromatic carbocycles. The average Bonchev–Trinajstić information content (AvgIpc) is 2.71. The molecule has 0 spiro atoms. The van der Waals surface area contributed by atoms with Gasteiger partial charge in [-0.05, 0) is 55.7 Å². The Labute approximate surface area is 179 Å². The minimum atomic E-state index is -0.121. The quantitative estimate of drug-likeness (QED) is 0.652. The summed E-state index contributed by atoms with van der Waals surface area (Å²) in [6.07, 6.45) is 5.59. The van der Waals surface area contributed by atoms with Crippen LogP contribution in [-0.2, 0) is 0 Å². The Morgan fingerprint density at radius 3 is 2.47 bits per heavy atom. The van der Waals surface area contributed by atoms with Crippen molar-refractivity contribution in [2.75, 3.05) is 29.6 Å². The van der Waals surface area contributed by atoms with Gasteiger partial charge in [0.1, 0.15) is 5.82 Å². The molecule has 30 heavy (non-hydrogen) atoms. The molecule has 1 fully saturated rings. The summed E-state index contributed by atoms with van der Waals surface area (Å²) in [6, 6.07) is 8.44. The number of hydrogen-bond acceptors (Lipinski definition) is 5. The van der Waals surface area contributed by atoms with Crippen molar-refractivity contribution in [1.29, 1.82) is 0 Å². The van der Waals surface area contributed by atoms with Crippen LogP contribution in [0.5, 0.6) is 0 Å². The third kappa shape index (κ3) is 5.62. The van der Waals surface area contributed by atoms with Crippen molar-refractivity contribution in [2.45, 2.75) is 64.5 Å². The van der Waals surface area contributed by atoms with E-state index in [4.69, 9.17) is 0 Å². The second kappa shape index (κ2) is 9.78. The minimum absolute atomic E-state index is 0.121. The number of urea groups is 1. The van der Waals surface area contributed by atoms with E-state index >= 15 is 0 Å². The van der Waals surface area contributed by atoms with Gasteiger partial charge in [0.05, 0.1) is 0 Å². The van der Waals surface area contributed by atoms with Crippen molar-refractivity contribution < 1.29 is 4.79 Å². The molecule has 0 aliphatic heterocycles. The number of hydrogen-bond donors (Lipinski definition) is 3. The number of carbonyl (C=O) groups excluding carboxylic acids is 1. The first-order valence-corrected chi connectivity index (χ1v) is 10.8. The summed E-state index contributed by atoms with van der Waals surface area (Å²) in [6.45, 7) is 6.32. The van der Waals surface area contributed by atoms with Gasteiger partial charge in [-0.25, -0.2) is 9.78 Å². The van der Waals surface area contributed by atoms with Crippen molar-refractivity contribution >= 4 is 23.5 Å². The van der Waals surface area contributed by atoms with Crippen LogP contribution in [0.25, 0.3) is 0 Å². The van der Waals surface area contributed by atoms with Gasteiger partial charge < -0.3 is 20.9 Å². The van der Waals surface area contributed by atoms with Crippen LogP contribution in [0.1, 0.15) is 56.6 Å². The highest BCUT2D eigenvalue weighted by atomic mass is 16.2. The summed E-state index contributed by atoms with van der Waals surface area (Å²) < 4.78 is 0. The molecular weight excluding hydrogens is 376 g/mol. The van der Waals surface area contributed by atoms with Crippen molar-refractivity contribution in [3.05, 3.63) is 41.6 Å². The lowest BCUT2D eigenvalue weighted by molar-refractivity contribution is 0.243. The largest absolute Gasteiger partial charge is 0.363 e. The topological polar surface area (TPSA) is 82.2 Å². The van der Waals surface area contributed by atoms with Gasteiger partial charge in [0.15, 0.2) is 0 Å². The van der Waals surface area contributed by atoms with Crippen LogP contribution in [0.2, 0.25) is 0 Å². The van der Waals surface area contributed by atoms with Gasteiger partial charge in [-0.1, -0.05) is 32.0 Å². The highest BCUT2D eigenvalue weighted by molar-refractivity contribution is 5.91. The standard InChI is InChI=1S/C23H34N6O/c1-15(2)19-8-6-7-16(3)21(19)28-23(30)26-18-11-9-17(10-12-18)25-22-24-14-13-20(27-22)29(4)5/h6-8,13-15,17-18H,9-12H2,1-5H3,(H,24,25,27)(H2,26,28,30)/t17-,18+. The predicted octanol–water partition coefficient (Wildman–Crippen LogP) is 4.52. The molecule has 1 saturated carbocycles. The molecule has 162 valence electrons. The Morgan fingerprint density at radius 1 is 1.10 bits per heavy atom. The maximum absolute atomic E-state index is 12.6. The number of benzene rings is 1. The van der Waals surface area contributed by atoms with Crippen LogP contribution in [-0.4, -0.2) is 42.2 Å². The number of carbonyl (C=O) groups is 1. The molecule has 7 nitrogen and oxygen atoms in total. The third-order valence-electron chi connectivity index (χ3n) is 5.66. The lowest BCUT2D eigenvalue weighted by atomic mass is 9.91. The van der Waals surface area contributed by atoms with Gasteiger partial charge in [-0.15, -0.1) is 0 Å². The maximum atomic E-state index is 12.6. The van der Waals surface area contributed by atoms with Crippen molar-refractivity contribution in [3.8, 4) is 0 Å². The average molecular weight is 411 g/mol. The zero-order valence-electron chi connectivity index (χ0n) is 18.7. The third-order valence-corrected chi connectivity index (χ3v) is 5.66. The highest BCUT2D eigenvalue weighted by Crippen LogP contribution is 2.27. The van der Waals surface area contributed by atoms with Crippen LogP contribution < -0.4 is 20.9 Å². The summed E-state index contributed by atoms with van der Waals surface area (Å²) in [5.41, 5.74) is 3.18. The Morgan fingerprint density at radius 2 is 1.80 bits per heavy atom. The molecule has 2 aromatic rings. The molecule has 7 heteroatoms. The Hall–Kier alpha value is -2.83. The number of nitrogens with one attached hydrogen (secondary N) is 3. The van der Waals surface area contributed by atoms with Gasteiger partial charge in [0.25, 0.3) is 0 Å². The van der Waals surface area contributed by atoms with E-state index in [2.05, 4.69) is 45.8 Å². The monoisotopic (exact) mass is 410 g/mol.